The largest absolute Gasteiger partial charge is 0.396 e. The van der Waals surface area contributed by atoms with Gasteiger partial charge in [-0.2, -0.15) is 0 Å². The number of aliphatic hydroxyl groups excluding tert-OH is 12. The molecule has 19 nitrogen and oxygen atoms in total. The van der Waals surface area contributed by atoms with Gasteiger partial charge in [0, 0.05) is 23.4 Å². The van der Waals surface area contributed by atoms with Gasteiger partial charge in [-0.1, -0.05) is 34.6 Å². The Morgan fingerprint density at radius 2 is 1.26 bits per heavy atom. The van der Waals surface area contributed by atoms with Crippen molar-refractivity contribution in [1.82, 2.24) is 0 Å². The summed E-state index contributed by atoms with van der Waals surface area (Å²) in [6.07, 6.45) is -15.2. The van der Waals surface area contributed by atoms with E-state index in [9.17, 15) is 61.3 Å². The normalized spacial score (nSPS) is 56.0. The molecule has 0 aromatic carbocycles. The molecule has 12 N–H and O–H groups in total. The zero-order valence-electron chi connectivity index (χ0n) is 39.2. The second kappa shape index (κ2) is 19.3. The summed E-state index contributed by atoms with van der Waals surface area (Å²) < 4.78 is 43.2. The van der Waals surface area contributed by atoms with Crippen LogP contribution >= 0.6 is 0 Å². The fraction of sp³-hybridized carbons (Fsp3) is 1.00. The van der Waals surface area contributed by atoms with E-state index in [-0.39, 0.29) is 64.6 Å². The molecule has 4 saturated heterocycles. The molecule has 66 heavy (non-hydrogen) atoms. The van der Waals surface area contributed by atoms with E-state index in [1.54, 1.807) is 0 Å². The van der Waals surface area contributed by atoms with Crippen molar-refractivity contribution in [3.8, 4) is 0 Å². The molecule has 8 fully saturated rings. The van der Waals surface area contributed by atoms with Crippen LogP contribution in [-0.2, 0) is 33.2 Å². The SMILES string of the molecule is CC(CO)C1CCC2(CCC3(C)C(CCC4C5(C)CCC(OC6OC(CO)C(O)C(O)C6OC6OCC(O)C(O)C6O)C(C)(COC6OC(CO)C(O)C(O)C6O)C5CCC43C)C2O)CO1. The Kier molecular flexibility index (Phi) is 15.1. The van der Waals surface area contributed by atoms with Crippen LogP contribution in [0, 0.1) is 50.7 Å². The van der Waals surface area contributed by atoms with Gasteiger partial charge in [0.15, 0.2) is 18.9 Å². The zero-order valence-corrected chi connectivity index (χ0v) is 39.2. The highest BCUT2D eigenvalue weighted by atomic mass is 16.8. The molecule has 382 valence electrons. The molecule has 8 aliphatic rings. The summed E-state index contributed by atoms with van der Waals surface area (Å²) in [6.45, 7) is 9.85. The molecular formula is C47H80O19. The minimum absolute atomic E-state index is 0.0265. The zero-order chi connectivity index (χ0) is 47.9. The maximum Gasteiger partial charge on any atom is 0.187 e. The lowest BCUT2D eigenvalue weighted by molar-refractivity contribution is -0.375. The van der Waals surface area contributed by atoms with Crippen LogP contribution in [0.25, 0.3) is 0 Å². The number of hydrogen-bond acceptors (Lipinski definition) is 19. The quantitative estimate of drug-likeness (QED) is 0.107. The third-order valence-electron chi connectivity index (χ3n) is 19.5. The minimum atomic E-state index is -1.74. The van der Waals surface area contributed by atoms with Gasteiger partial charge in [0.1, 0.15) is 67.1 Å². The molecule has 4 aliphatic heterocycles. The third kappa shape index (κ3) is 8.35. The smallest absolute Gasteiger partial charge is 0.187 e. The van der Waals surface area contributed by atoms with Crippen LogP contribution in [0.1, 0.15) is 98.8 Å². The summed E-state index contributed by atoms with van der Waals surface area (Å²) in [6, 6.07) is 0. The summed E-state index contributed by atoms with van der Waals surface area (Å²) >= 11 is 0. The number of aliphatic hydroxyl groups is 12. The topological polar surface area (TPSA) is 307 Å². The van der Waals surface area contributed by atoms with Gasteiger partial charge >= 0.3 is 0 Å². The van der Waals surface area contributed by atoms with Crippen molar-refractivity contribution in [3.63, 3.8) is 0 Å². The van der Waals surface area contributed by atoms with Crippen LogP contribution in [0.15, 0.2) is 0 Å². The second-order valence-corrected chi connectivity index (χ2v) is 22.8. The number of ether oxygens (including phenoxy) is 7. The van der Waals surface area contributed by atoms with Crippen molar-refractivity contribution in [2.24, 2.45) is 50.7 Å². The summed E-state index contributed by atoms with van der Waals surface area (Å²) in [4.78, 5) is 0. The van der Waals surface area contributed by atoms with Crippen molar-refractivity contribution in [3.05, 3.63) is 0 Å². The van der Waals surface area contributed by atoms with E-state index in [2.05, 4.69) is 20.8 Å². The molecule has 4 saturated carbocycles. The van der Waals surface area contributed by atoms with E-state index in [0.29, 0.717) is 25.9 Å². The first kappa shape index (κ1) is 51.6. The molecule has 1 spiro atoms. The molecule has 0 radical (unpaired) electrons. The van der Waals surface area contributed by atoms with E-state index in [1.807, 2.05) is 13.8 Å². The molecule has 0 aromatic heterocycles. The summed E-state index contributed by atoms with van der Waals surface area (Å²) in [5.74, 6) is 0.156. The summed E-state index contributed by atoms with van der Waals surface area (Å²) in [5, 5.41) is 129. The minimum Gasteiger partial charge on any atom is -0.396 e. The molecule has 4 aliphatic carbocycles. The van der Waals surface area contributed by atoms with E-state index >= 15 is 0 Å². The molecule has 0 aromatic rings. The van der Waals surface area contributed by atoms with Crippen molar-refractivity contribution in [2.75, 3.05) is 39.6 Å². The van der Waals surface area contributed by atoms with Crippen LogP contribution in [-0.4, -0.2) is 205 Å². The lowest BCUT2D eigenvalue weighted by Crippen LogP contribution is -2.69. The first-order valence-electron chi connectivity index (χ1n) is 24.6. The number of fused-ring (bicyclic) bond motifs is 5. The molecule has 8 rings (SSSR count). The van der Waals surface area contributed by atoms with Crippen molar-refractivity contribution in [1.29, 1.82) is 0 Å². The van der Waals surface area contributed by atoms with Crippen LogP contribution in [0.2, 0.25) is 0 Å². The highest BCUT2D eigenvalue weighted by Gasteiger charge is 2.71. The predicted molar refractivity (Wildman–Crippen MR) is 228 cm³/mol. The van der Waals surface area contributed by atoms with Crippen LogP contribution in [0.3, 0.4) is 0 Å². The molecule has 26 unspecified atom stereocenters. The number of hydrogen-bond donors (Lipinski definition) is 12. The van der Waals surface area contributed by atoms with Gasteiger partial charge < -0.3 is 94.4 Å². The summed E-state index contributed by atoms with van der Waals surface area (Å²) in [7, 11) is 0. The lowest BCUT2D eigenvalue weighted by atomic mass is 9.33. The Hall–Kier alpha value is -0.760. The van der Waals surface area contributed by atoms with Gasteiger partial charge in [-0.15, -0.1) is 0 Å². The van der Waals surface area contributed by atoms with Crippen LogP contribution in [0.4, 0.5) is 0 Å². The van der Waals surface area contributed by atoms with Gasteiger partial charge in [-0.25, -0.2) is 0 Å². The summed E-state index contributed by atoms with van der Waals surface area (Å²) in [5.41, 5.74) is -2.00. The highest BCUT2D eigenvalue weighted by Crippen LogP contribution is 2.75. The Morgan fingerprint density at radius 3 is 1.91 bits per heavy atom. The van der Waals surface area contributed by atoms with Gasteiger partial charge in [-0.05, 0) is 98.2 Å². The average Bonchev–Trinajstić information content (AvgIpc) is 3.30. The van der Waals surface area contributed by atoms with Crippen LogP contribution < -0.4 is 0 Å². The fourth-order valence-electron chi connectivity index (χ4n) is 15.1. The first-order valence-corrected chi connectivity index (χ1v) is 24.6. The predicted octanol–water partition coefficient (Wildman–Crippen LogP) is -1.34. The van der Waals surface area contributed by atoms with Crippen LogP contribution in [0.5, 0.6) is 0 Å². The van der Waals surface area contributed by atoms with Crippen molar-refractivity contribution in [2.45, 2.75) is 203 Å². The third-order valence-corrected chi connectivity index (χ3v) is 19.5. The monoisotopic (exact) mass is 949 g/mol. The van der Waals surface area contributed by atoms with Gasteiger partial charge in [0.2, 0.25) is 0 Å². The second-order valence-electron chi connectivity index (χ2n) is 22.8. The van der Waals surface area contributed by atoms with E-state index in [0.717, 1.165) is 44.9 Å². The van der Waals surface area contributed by atoms with Crippen molar-refractivity contribution >= 4 is 0 Å². The Morgan fingerprint density at radius 1 is 0.591 bits per heavy atom. The lowest BCUT2D eigenvalue weighted by Gasteiger charge is -2.73. The highest BCUT2D eigenvalue weighted by molar-refractivity contribution is 5.19. The van der Waals surface area contributed by atoms with Crippen molar-refractivity contribution < 1.29 is 94.4 Å². The Balaban J connectivity index is 1.09. The molecule has 19 heteroatoms. The Labute approximate surface area is 387 Å². The molecular weight excluding hydrogens is 868 g/mol. The molecule has 4 heterocycles. The van der Waals surface area contributed by atoms with E-state index in [4.69, 9.17) is 33.2 Å². The molecule has 0 bridgehead atoms. The molecule has 26 atom stereocenters. The van der Waals surface area contributed by atoms with Gasteiger partial charge in [0.05, 0.1) is 51.3 Å². The van der Waals surface area contributed by atoms with E-state index < -0.39 is 123 Å². The number of rotatable bonds is 11. The fourth-order valence-corrected chi connectivity index (χ4v) is 15.1. The maximum absolute atomic E-state index is 12.5. The van der Waals surface area contributed by atoms with Gasteiger partial charge in [-0.3, -0.25) is 0 Å². The standard InChI is InChI=1S/C47H80O19/c1-22(16-48)25-8-13-47(21-61-25)15-14-45(4)23(39(47)59)6-7-29-43(2)11-10-30(65-42-38(35(56)33(54)27(18-50)64-42)66-40-36(57)31(52)24(51)19-60-40)44(3,28(43)9-12-46(29,45)5)20-62-41-37(58)34(55)32(53)26(17-49)63-41/h22-42,48-59H,6-21H2,1-5H3. The van der Waals surface area contributed by atoms with Gasteiger partial charge in [0.25, 0.3) is 0 Å². The first-order chi connectivity index (χ1) is 31.1. The maximum atomic E-state index is 12.5. The Bertz CT molecular complexity index is 1640. The van der Waals surface area contributed by atoms with E-state index in [1.165, 1.54) is 0 Å². The average molecular weight is 949 g/mol. The molecule has 0 amide bonds.